The van der Waals surface area contributed by atoms with Crippen molar-refractivity contribution >= 4 is 17.2 Å². The van der Waals surface area contributed by atoms with Crippen LogP contribution in [-0.4, -0.2) is 90.2 Å². The van der Waals surface area contributed by atoms with Gasteiger partial charge in [-0.05, 0) is 46.3 Å². The molecule has 2 atom stereocenters. The van der Waals surface area contributed by atoms with Gasteiger partial charge in [-0.1, -0.05) is 0 Å². The van der Waals surface area contributed by atoms with Gasteiger partial charge in [0.15, 0.2) is 0 Å². The minimum atomic E-state index is 0.168. The second-order valence-corrected chi connectivity index (χ2v) is 9.16. The first kappa shape index (κ1) is 19.7. The summed E-state index contributed by atoms with van der Waals surface area (Å²) in [7, 11) is 2.18. The Labute approximate surface area is 160 Å². The number of carbonyl (C=O) groups excluding carboxylic acids is 1. The molecule has 146 valence electrons. The lowest BCUT2D eigenvalue weighted by molar-refractivity contribution is -0.129. The van der Waals surface area contributed by atoms with E-state index in [1.54, 1.807) is 11.3 Å². The number of carbonyl (C=O) groups is 1. The van der Waals surface area contributed by atoms with E-state index in [0.29, 0.717) is 18.9 Å². The van der Waals surface area contributed by atoms with E-state index in [4.69, 9.17) is 0 Å². The molecule has 2 fully saturated rings. The van der Waals surface area contributed by atoms with Crippen LogP contribution in [0.4, 0.5) is 0 Å². The fourth-order valence-electron chi connectivity index (χ4n) is 4.16. The van der Waals surface area contributed by atoms with Gasteiger partial charge in [-0.15, -0.1) is 11.3 Å². The molecule has 0 radical (unpaired) electrons. The van der Waals surface area contributed by atoms with Crippen LogP contribution in [0.15, 0.2) is 0 Å². The third-order valence-corrected chi connectivity index (χ3v) is 6.85. The topological polar surface area (TPSA) is 59.9 Å². The molecule has 0 aromatic carbocycles. The van der Waals surface area contributed by atoms with Crippen molar-refractivity contribution in [3.05, 3.63) is 15.6 Å². The first-order valence-electron chi connectivity index (χ1n) is 9.68. The zero-order chi connectivity index (χ0) is 18.7. The zero-order valence-corrected chi connectivity index (χ0v) is 17.1. The molecule has 0 bridgehead atoms. The highest BCUT2D eigenvalue weighted by Crippen LogP contribution is 2.26. The highest BCUT2D eigenvalue weighted by molar-refractivity contribution is 7.11. The summed E-state index contributed by atoms with van der Waals surface area (Å²) >= 11 is 1.62. The number of thiazole rings is 1. The maximum Gasteiger partial charge on any atom is 0.227 e. The second-order valence-electron chi connectivity index (χ2n) is 7.88. The van der Waals surface area contributed by atoms with Crippen molar-refractivity contribution in [1.82, 2.24) is 19.7 Å². The van der Waals surface area contributed by atoms with Crippen LogP contribution >= 0.6 is 11.3 Å². The lowest BCUT2D eigenvalue weighted by Gasteiger charge is -2.26. The average Bonchev–Trinajstić information content (AvgIpc) is 3.07. The maximum absolute atomic E-state index is 12.8. The van der Waals surface area contributed by atoms with Crippen LogP contribution in [0.3, 0.4) is 0 Å². The van der Waals surface area contributed by atoms with Crippen LogP contribution in [0, 0.1) is 25.7 Å². The Balaban J connectivity index is 1.57. The van der Waals surface area contributed by atoms with E-state index >= 15 is 0 Å². The van der Waals surface area contributed by atoms with E-state index in [1.807, 2.05) is 18.7 Å². The quantitative estimate of drug-likeness (QED) is 0.826. The Morgan fingerprint density at radius 2 is 1.96 bits per heavy atom. The molecular weight excluding hydrogens is 348 g/mol. The number of nitrogens with zero attached hydrogens (tertiary/aromatic N) is 4. The zero-order valence-electron chi connectivity index (χ0n) is 16.3. The molecule has 1 amide bonds. The Hall–Kier alpha value is -1.02. The number of amides is 1. The Morgan fingerprint density at radius 3 is 2.65 bits per heavy atom. The monoisotopic (exact) mass is 380 g/mol. The maximum atomic E-state index is 12.8. The van der Waals surface area contributed by atoms with Gasteiger partial charge >= 0.3 is 0 Å². The predicted molar refractivity (Wildman–Crippen MR) is 104 cm³/mol. The highest BCUT2D eigenvalue weighted by Gasteiger charge is 2.36. The Kier molecular flexibility index (Phi) is 6.66. The molecule has 1 N–H and O–H groups in total. The smallest absolute Gasteiger partial charge is 0.227 e. The summed E-state index contributed by atoms with van der Waals surface area (Å²) < 4.78 is 0. The van der Waals surface area contributed by atoms with Crippen molar-refractivity contribution in [3.63, 3.8) is 0 Å². The van der Waals surface area contributed by atoms with Gasteiger partial charge in [0.05, 0.1) is 17.1 Å². The van der Waals surface area contributed by atoms with Gasteiger partial charge in [0.2, 0.25) is 5.91 Å². The number of hydrogen-bond acceptors (Lipinski definition) is 6. The molecule has 0 aliphatic carbocycles. The molecule has 2 saturated heterocycles. The van der Waals surface area contributed by atoms with Crippen LogP contribution in [-0.2, 0) is 11.2 Å². The lowest BCUT2D eigenvalue weighted by atomic mass is 9.96. The molecule has 1 aromatic rings. The second kappa shape index (κ2) is 8.78. The van der Waals surface area contributed by atoms with E-state index < -0.39 is 0 Å². The predicted octanol–water partition coefficient (Wildman–Crippen LogP) is 1.01. The fraction of sp³-hybridized carbons (Fsp3) is 0.789. The summed E-state index contributed by atoms with van der Waals surface area (Å²) in [5.74, 6) is 0.745. The molecule has 0 saturated carbocycles. The number of likely N-dealkylation sites (tertiary alicyclic amines) is 1. The van der Waals surface area contributed by atoms with E-state index in [9.17, 15) is 9.90 Å². The molecule has 3 heterocycles. The molecule has 7 heteroatoms. The van der Waals surface area contributed by atoms with Crippen LogP contribution in [0.2, 0.25) is 0 Å². The molecule has 6 nitrogen and oxygen atoms in total. The van der Waals surface area contributed by atoms with Gasteiger partial charge in [0.1, 0.15) is 0 Å². The van der Waals surface area contributed by atoms with Gasteiger partial charge in [0, 0.05) is 50.1 Å². The van der Waals surface area contributed by atoms with Crippen molar-refractivity contribution in [2.75, 3.05) is 59.5 Å². The number of aromatic nitrogens is 1. The van der Waals surface area contributed by atoms with Crippen molar-refractivity contribution in [3.8, 4) is 0 Å². The number of likely N-dealkylation sites (N-methyl/N-ethyl adjacent to an activating group) is 1. The molecule has 1 aromatic heterocycles. The molecule has 0 unspecified atom stereocenters. The average molecular weight is 381 g/mol. The van der Waals surface area contributed by atoms with Crippen LogP contribution < -0.4 is 0 Å². The van der Waals surface area contributed by atoms with Crippen LogP contribution in [0.1, 0.15) is 22.0 Å². The Bertz CT molecular complexity index is 621. The molecular formula is C19H32N4O2S. The first-order chi connectivity index (χ1) is 12.5. The summed E-state index contributed by atoms with van der Waals surface area (Å²) in [6, 6.07) is 0. The summed E-state index contributed by atoms with van der Waals surface area (Å²) in [6.45, 7) is 11.0. The third kappa shape index (κ3) is 4.82. The molecule has 3 rings (SSSR count). The summed E-state index contributed by atoms with van der Waals surface area (Å²) in [4.78, 5) is 25.1. The SMILES string of the molecule is Cc1nc(C)c(CC(=O)N2C[C@@H](CN3CCCN(C)CC3)[C@@H](CO)C2)s1. The number of hydrogen-bond donors (Lipinski definition) is 1. The van der Waals surface area contributed by atoms with Crippen molar-refractivity contribution < 1.29 is 9.90 Å². The summed E-state index contributed by atoms with van der Waals surface area (Å²) in [5, 5.41) is 10.8. The van der Waals surface area contributed by atoms with E-state index in [0.717, 1.165) is 54.8 Å². The standard InChI is InChI=1S/C19H32N4O2S/c1-14-18(26-15(2)20-14)9-19(25)23-11-16(17(12-23)13-24)10-22-6-4-5-21(3)7-8-22/h16-17,24H,4-13H2,1-3H3/t16-,17-/m1/s1. The number of rotatable bonds is 5. The van der Waals surface area contributed by atoms with Crippen molar-refractivity contribution in [1.29, 1.82) is 0 Å². The van der Waals surface area contributed by atoms with Crippen molar-refractivity contribution in [2.24, 2.45) is 11.8 Å². The van der Waals surface area contributed by atoms with E-state index in [2.05, 4.69) is 21.8 Å². The van der Waals surface area contributed by atoms with Gasteiger partial charge in [-0.3, -0.25) is 4.79 Å². The highest BCUT2D eigenvalue weighted by atomic mass is 32.1. The molecule has 2 aliphatic rings. The van der Waals surface area contributed by atoms with Gasteiger partial charge < -0.3 is 19.8 Å². The van der Waals surface area contributed by atoms with Crippen molar-refractivity contribution in [2.45, 2.75) is 26.7 Å². The molecule has 2 aliphatic heterocycles. The lowest BCUT2D eigenvalue weighted by Crippen LogP contribution is -2.36. The van der Waals surface area contributed by atoms with Crippen LogP contribution in [0.5, 0.6) is 0 Å². The summed E-state index contributed by atoms with van der Waals surface area (Å²) in [6.07, 6.45) is 1.64. The van der Waals surface area contributed by atoms with Crippen LogP contribution in [0.25, 0.3) is 0 Å². The minimum absolute atomic E-state index is 0.168. The van der Waals surface area contributed by atoms with Gasteiger partial charge in [-0.25, -0.2) is 4.98 Å². The minimum Gasteiger partial charge on any atom is -0.396 e. The van der Waals surface area contributed by atoms with E-state index in [1.165, 1.54) is 6.42 Å². The largest absolute Gasteiger partial charge is 0.396 e. The number of aryl methyl sites for hydroxylation is 2. The number of aliphatic hydroxyl groups is 1. The van der Waals surface area contributed by atoms with Gasteiger partial charge in [0.25, 0.3) is 0 Å². The first-order valence-corrected chi connectivity index (χ1v) is 10.5. The molecule has 26 heavy (non-hydrogen) atoms. The number of aliphatic hydroxyl groups excluding tert-OH is 1. The Morgan fingerprint density at radius 1 is 1.19 bits per heavy atom. The molecule has 0 spiro atoms. The normalized spacial score (nSPS) is 25.6. The fourth-order valence-corrected chi connectivity index (χ4v) is 5.09. The summed E-state index contributed by atoms with van der Waals surface area (Å²) in [5.41, 5.74) is 0.976. The van der Waals surface area contributed by atoms with E-state index in [-0.39, 0.29) is 18.4 Å². The third-order valence-electron chi connectivity index (χ3n) is 5.78. The van der Waals surface area contributed by atoms with Gasteiger partial charge in [-0.2, -0.15) is 0 Å².